The van der Waals surface area contributed by atoms with E-state index in [1.165, 1.54) is 30.2 Å². The van der Waals surface area contributed by atoms with Gasteiger partial charge >= 0.3 is 0 Å². The lowest BCUT2D eigenvalue weighted by Gasteiger charge is -2.29. The molecule has 1 amide bonds. The molecule has 140 valence electrons. The first-order valence-electron chi connectivity index (χ1n) is 9.81. The summed E-state index contributed by atoms with van der Waals surface area (Å²) >= 11 is 0. The van der Waals surface area contributed by atoms with Crippen molar-refractivity contribution in [1.29, 1.82) is 0 Å². The topological polar surface area (TPSA) is 50.2 Å². The number of nitrogens with one attached hydrogen (secondary N) is 1. The zero-order chi connectivity index (χ0) is 18.5. The highest BCUT2D eigenvalue weighted by molar-refractivity contribution is 5.80. The molecule has 2 aromatic heterocycles. The second-order valence-electron chi connectivity index (χ2n) is 7.13. The van der Waals surface area contributed by atoms with Crippen molar-refractivity contribution in [3.05, 3.63) is 60.4 Å². The van der Waals surface area contributed by atoms with Crippen molar-refractivity contribution in [2.45, 2.75) is 38.8 Å². The molecule has 1 aromatic carbocycles. The van der Waals surface area contributed by atoms with Crippen molar-refractivity contribution in [1.82, 2.24) is 14.9 Å². The van der Waals surface area contributed by atoms with E-state index in [-0.39, 0.29) is 5.91 Å². The predicted octanol–water partition coefficient (Wildman–Crippen LogP) is 3.73. The summed E-state index contributed by atoms with van der Waals surface area (Å²) in [4.78, 5) is 19.3. The number of nitrogens with zero attached hydrogens (tertiary/aromatic N) is 3. The van der Waals surface area contributed by atoms with Crippen LogP contribution in [0, 0.1) is 0 Å². The van der Waals surface area contributed by atoms with Crippen molar-refractivity contribution in [2.75, 3.05) is 18.0 Å². The van der Waals surface area contributed by atoms with Crippen LogP contribution in [0.3, 0.4) is 0 Å². The van der Waals surface area contributed by atoms with Crippen LogP contribution < -0.4 is 10.2 Å². The summed E-state index contributed by atoms with van der Waals surface area (Å²) < 4.78 is 2.14. The van der Waals surface area contributed by atoms with Gasteiger partial charge in [-0.05, 0) is 42.8 Å². The maximum absolute atomic E-state index is 12.4. The number of anilines is 1. The lowest BCUT2D eigenvalue weighted by atomic mass is 10.1. The van der Waals surface area contributed by atoms with Gasteiger partial charge in [-0.1, -0.05) is 24.3 Å². The van der Waals surface area contributed by atoms with Crippen molar-refractivity contribution < 1.29 is 4.79 Å². The molecule has 0 aliphatic carbocycles. The molecular formula is C22H26N4O. The zero-order valence-electron chi connectivity index (χ0n) is 15.6. The number of hydrogen-bond acceptors (Lipinski definition) is 3. The van der Waals surface area contributed by atoms with E-state index in [0.717, 1.165) is 24.5 Å². The number of aryl methyl sites for hydroxylation is 1. The average Bonchev–Trinajstić information content (AvgIpc) is 3.15. The molecule has 3 heterocycles. The van der Waals surface area contributed by atoms with Crippen LogP contribution in [0.15, 0.2) is 54.9 Å². The Bertz CT molecular complexity index is 911. The van der Waals surface area contributed by atoms with Crippen LogP contribution in [0.5, 0.6) is 0 Å². The van der Waals surface area contributed by atoms with E-state index in [2.05, 4.69) is 44.0 Å². The van der Waals surface area contributed by atoms with E-state index in [4.69, 9.17) is 0 Å². The number of pyridine rings is 1. The summed E-state index contributed by atoms with van der Waals surface area (Å²) in [6, 6.07) is 14.4. The molecule has 0 saturated carbocycles. The SMILES string of the molecule is O=C(CCn1ccc2ccccc21)NCc1cccnc1N1CCCCC1. The van der Waals surface area contributed by atoms with E-state index in [9.17, 15) is 4.79 Å². The Balaban J connectivity index is 1.34. The minimum absolute atomic E-state index is 0.0706. The first-order valence-corrected chi connectivity index (χ1v) is 9.81. The fraction of sp³-hybridized carbons (Fsp3) is 0.364. The number of rotatable bonds is 6. The molecule has 0 bridgehead atoms. The molecule has 0 unspecified atom stereocenters. The molecule has 1 fully saturated rings. The number of amides is 1. The molecule has 0 atom stereocenters. The number of carbonyl (C=O) groups excluding carboxylic acids is 1. The molecule has 1 aliphatic heterocycles. The number of aromatic nitrogens is 2. The molecule has 27 heavy (non-hydrogen) atoms. The fourth-order valence-electron chi connectivity index (χ4n) is 3.80. The average molecular weight is 362 g/mol. The molecule has 1 saturated heterocycles. The van der Waals surface area contributed by atoms with Gasteiger partial charge < -0.3 is 14.8 Å². The molecule has 4 rings (SSSR count). The fourth-order valence-corrected chi connectivity index (χ4v) is 3.80. The molecule has 5 nitrogen and oxygen atoms in total. The Morgan fingerprint density at radius 3 is 2.78 bits per heavy atom. The second-order valence-corrected chi connectivity index (χ2v) is 7.13. The monoisotopic (exact) mass is 362 g/mol. The predicted molar refractivity (Wildman–Crippen MR) is 109 cm³/mol. The smallest absolute Gasteiger partial charge is 0.222 e. The van der Waals surface area contributed by atoms with Gasteiger partial charge in [0.15, 0.2) is 0 Å². The van der Waals surface area contributed by atoms with E-state index < -0.39 is 0 Å². The van der Waals surface area contributed by atoms with Crippen LogP contribution in [0.2, 0.25) is 0 Å². The first kappa shape index (κ1) is 17.6. The van der Waals surface area contributed by atoms with Gasteiger partial charge in [-0.25, -0.2) is 4.98 Å². The number of para-hydroxylation sites is 1. The van der Waals surface area contributed by atoms with E-state index in [1.807, 2.05) is 30.6 Å². The number of piperidine rings is 1. The van der Waals surface area contributed by atoms with Crippen LogP contribution in [-0.2, 0) is 17.9 Å². The summed E-state index contributed by atoms with van der Waals surface area (Å²) in [6.07, 6.45) is 8.09. The summed E-state index contributed by atoms with van der Waals surface area (Å²) in [5.74, 6) is 1.09. The van der Waals surface area contributed by atoms with Crippen LogP contribution in [0.4, 0.5) is 5.82 Å². The Morgan fingerprint density at radius 2 is 1.89 bits per heavy atom. The standard InChI is InChI=1S/C22H26N4O/c27-21(11-16-25-15-10-18-7-2-3-9-20(18)25)24-17-19-8-6-12-23-22(19)26-13-4-1-5-14-26/h2-3,6-10,12,15H,1,4-5,11,13-14,16-17H2,(H,24,27). The van der Waals surface area contributed by atoms with Crippen LogP contribution >= 0.6 is 0 Å². The third kappa shape index (κ3) is 4.13. The van der Waals surface area contributed by atoms with E-state index >= 15 is 0 Å². The van der Waals surface area contributed by atoms with Crippen molar-refractivity contribution >= 4 is 22.6 Å². The van der Waals surface area contributed by atoms with Crippen LogP contribution in [-0.4, -0.2) is 28.5 Å². The minimum Gasteiger partial charge on any atom is -0.356 e. The largest absolute Gasteiger partial charge is 0.356 e. The van der Waals surface area contributed by atoms with Gasteiger partial charge in [0.1, 0.15) is 5.82 Å². The maximum Gasteiger partial charge on any atom is 0.222 e. The van der Waals surface area contributed by atoms with Crippen LogP contribution in [0.25, 0.3) is 10.9 Å². The van der Waals surface area contributed by atoms with Gasteiger partial charge in [-0.2, -0.15) is 0 Å². The molecule has 1 N–H and O–H groups in total. The quantitative estimate of drug-likeness (QED) is 0.727. The molecule has 0 radical (unpaired) electrons. The van der Waals surface area contributed by atoms with E-state index in [0.29, 0.717) is 19.5 Å². The van der Waals surface area contributed by atoms with Crippen molar-refractivity contribution in [3.63, 3.8) is 0 Å². The van der Waals surface area contributed by atoms with Crippen molar-refractivity contribution in [3.8, 4) is 0 Å². The van der Waals surface area contributed by atoms with Gasteiger partial charge in [0.2, 0.25) is 5.91 Å². The van der Waals surface area contributed by atoms with Crippen LogP contribution in [0.1, 0.15) is 31.2 Å². The van der Waals surface area contributed by atoms with Gasteiger partial charge in [0, 0.05) is 56.1 Å². The molecule has 1 aliphatic rings. The van der Waals surface area contributed by atoms with Gasteiger partial charge in [0.25, 0.3) is 0 Å². The number of hydrogen-bond donors (Lipinski definition) is 1. The summed E-state index contributed by atoms with van der Waals surface area (Å²) in [7, 11) is 0. The number of benzene rings is 1. The minimum atomic E-state index is 0.0706. The third-order valence-corrected chi connectivity index (χ3v) is 5.26. The normalized spacial score (nSPS) is 14.4. The molecule has 5 heteroatoms. The summed E-state index contributed by atoms with van der Waals surface area (Å²) in [5.41, 5.74) is 2.27. The second kappa shape index (κ2) is 8.25. The highest BCUT2D eigenvalue weighted by Crippen LogP contribution is 2.21. The lowest BCUT2D eigenvalue weighted by Crippen LogP contribution is -2.32. The Hall–Kier alpha value is -2.82. The highest BCUT2D eigenvalue weighted by Gasteiger charge is 2.15. The maximum atomic E-state index is 12.4. The van der Waals surface area contributed by atoms with Gasteiger partial charge in [0.05, 0.1) is 0 Å². The number of carbonyl (C=O) groups is 1. The highest BCUT2D eigenvalue weighted by atomic mass is 16.1. The number of fused-ring (bicyclic) bond motifs is 1. The van der Waals surface area contributed by atoms with E-state index in [1.54, 1.807) is 0 Å². The third-order valence-electron chi connectivity index (χ3n) is 5.26. The zero-order valence-corrected chi connectivity index (χ0v) is 15.6. The lowest BCUT2D eigenvalue weighted by molar-refractivity contribution is -0.121. The summed E-state index contributed by atoms with van der Waals surface area (Å²) in [6.45, 7) is 3.33. The summed E-state index contributed by atoms with van der Waals surface area (Å²) in [5, 5.41) is 4.28. The molecule has 3 aromatic rings. The van der Waals surface area contributed by atoms with Gasteiger partial charge in [-0.15, -0.1) is 0 Å². The molecule has 0 spiro atoms. The van der Waals surface area contributed by atoms with Crippen molar-refractivity contribution in [2.24, 2.45) is 0 Å². The van der Waals surface area contributed by atoms with Gasteiger partial charge in [-0.3, -0.25) is 4.79 Å². The Morgan fingerprint density at radius 1 is 1.04 bits per heavy atom. The Kier molecular flexibility index (Phi) is 5.37. The first-order chi connectivity index (χ1) is 13.3. The molecular weight excluding hydrogens is 336 g/mol. The Labute approximate surface area is 160 Å².